The molecule has 0 aliphatic carbocycles. The third kappa shape index (κ3) is 4.27. The summed E-state index contributed by atoms with van der Waals surface area (Å²) in [7, 11) is -0.510. The van der Waals surface area contributed by atoms with Crippen LogP contribution >= 0.6 is 11.6 Å². The fourth-order valence-corrected chi connectivity index (χ4v) is 4.84. The minimum Gasteiger partial charge on any atom is -0.331 e. The smallest absolute Gasteiger partial charge is 0.331 e. The molecule has 2 heterocycles. The first-order chi connectivity index (χ1) is 14.9. The molecular weight excluding hydrogens is 479 g/mol. The lowest BCUT2D eigenvalue weighted by Gasteiger charge is -2.29. The van der Waals surface area contributed by atoms with Crippen LogP contribution in [-0.4, -0.2) is 39.8 Å². The number of pyridine rings is 1. The number of anilines is 2. The number of hydrogen-bond donors (Lipinski definition) is 0. The lowest BCUT2D eigenvalue weighted by molar-refractivity contribution is -0.137. The molecule has 1 amide bonds. The van der Waals surface area contributed by atoms with Gasteiger partial charge in [0, 0.05) is 23.5 Å². The summed E-state index contributed by atoms with van der Waals surface area (Å²) in [5.41, 5.74) is -2.51. The lowest BCUT2D eigenvalue weighted by Crippen LogP contribution is -2.46. The Kier molecular flexibility index (Phi) is 6.44. The quantitative estimate of drug-likeness (QED) is 0.481. The summed E-state index contributed by atoms with van der Waals surface area (Å²) in [6, 6.07) is 2.67. The zero-order chi connectivity index (χ0) is 24.0. The van der Waals surface area contributed by atoms with Gasteiger partial charge in [-0.05, 0) is 25.1 Å². The summed E-state index contributed by atoms with van der Waals surface area (Å²) < 4.78 is 80.5. The van der Waals surface area contributed by atoms with Crippen molar-refractivity contribution in [1.29, 1.82) is 5.26 Å². The first-order valence-corrected chi connectivity index (χ1v) is 10.7. The van der Waals surface area contributed by atoms with Crippen molar-refractivity contribution in [2.24, 2.45) is 0 Å². The van der Waals surface area contributed by atoms with E-state index < -0.39 is 62.5 Å². The third-order valence-corrected chi connectivity index (χ3v) is 6.41. The number of halogens is 6. The van der Waals surface area contributed by atoms with Gasteiger partial charge < -0.3 is 9.80 Å². The molecular formula is C19H14ClF5N4O2S. The number of rotatable bonds is 3. The van der Waals surface area contributed by atoms with Crippen LogP contribution in [-0.2, 0) is 21.8 Å². The maximum atomic E-state index is 14.4. The molecule has 1 fully saturated rings. The highest BCUT2D eigenvalue weighted by atomic mass is 35.5. The molecule has 32 heavy (non-hydrogen) atoms. The number of benzene rings is 1. The van der Waals surface area contributed by atoms with Crippen LogP contribution in [0.15, 0.2) is 18.2 Å². The summed E-state index contributed by atoms with van der Waals surface area (Å²) in [6.45, 7) is 1.28. The summed E-state index contributed by atoms with van der Waals surface area (Å²) >= 11 is 5.56. The largest absolute Gasteiger partial charge is 0.417 e. The minimum atomic E-state index is -4.86. The number of nitrogens with zero attached hydrogens (tertiary/aromatic N) is 4. The Balaban J connectivity index is 2.07. The van der Waals surface area contributed by atoms with Crippen LogP contribution in [0, 0.1) is 29.9 Å². The Labute approximate surface area is 186 Å². The summed E-state index contributed by atoms with van der Waals surface area (Å²) in [5.74, 6) is -4.20. The normalized spacial score (nSPS) is 18.5. The van der Waals surface area contributed by atoms with Gasteiger partial charge in [-0.3, -0.25) is 9.00 Å². The fourth-order valence-electron chi connectivity index (χ4n) is 3.29. The average Bonchev–Trinajstić information content (AvgIpc) is 3.11. The number of alkyl halides is 3. The molecule has 0 N–H and O–H groups in total. The van der Waals surface area contributed by atoms with Crippen molar-refractivity contribution >= 4 is 39.8 Å². The lowest BCUT2D eigenvalue weighted by atomic mass is 10.1. The SMILES string of the molecule is Cc1cc(C(F)(F)F)c(C#N)c(N2CS(=O)C[C@@H]2C(=O)N(C)c2ccc(F)c(Cl)c2F)n1. The van der Waals surface area contributed by atoms with Gasteiger partial charge in [0.15, 0.2) is 5.82 Å². The number of aromatic nitrogens is 1. The van der Waals surface area contributed by atoms with Gasteiger partial charge in [0.05, 0.1) is 22.9 Å². The second-order valence-electron chi connectivity index (χ2n) is 6.93. The van der Waals surface area contributed by atoms with Crippen molar-refractivity contribution in [3.05, 3.63) is 51.7 Å². The third-order valence-electron chi connectivity index (χ3n) is 4.81. The van der Waals surface area contributed by atoms with Crippen molar-refractivity contribution in [3.8, 4) is 6.07 Å². The van der Waals surface area contributed by atoms with Crippen LogP contribution in [0.1, 0.15) is 16.8 Å². The molecule has 1 aliphatic rings. The summed E-state index contributed by atoms with van der Waals surface area (Å²) in [5, 5.41) is 8.56. The van der Waals surface area contributed by atoms with E-state index in [1.807, 2.05) is 0 Å². The van der Waals surface area contributed by atoms with Gasteiger partial charge in [0.25, 0.3) is 5.91 Å². The van der Waals surface area contributed by atoms with Gasteiger partial charge in [0.2, 0.25) is 0 Å². The van der Waals surface area contributed by atoms with Crippen molar-refractivity contribution in [2.75, 3.05) is 28.5 Å². The van der Waals surface area contributed by atoms with E-state index in [4.69, 9.17) is 11.6 Å². The topological polar surface area (TPSA) is 77.3 Å². The second kappa shape index (κ2) is 8.63. The molecule has 170 valence electrons. The van der Waals surface area contributed by atoms with Crippen molar-refractivity contribution in [1.82, 2.24) is 4.98 Å². The van der Waals surface area contributed by atoms with Gasteiger partial charge >= 0.3 is 6.18 Å². The van der Waals surface area contributed by atoms with Crippen LogP contribution in [0.4, 0.5) is 33.5 Å². The minimum absolute atomic E-state index is 0.0695. The zero-order valence-corrected chi connectivity index (χ0v) is 18.1. The van der Waals surface area contributed by atoms with Crippen molar-refractivity contribution < 1.29 is 31.0 Å². The van der Waals surface area contributed by atoms with E-state index in [9.17, 15) is 36.2 Å². The standard InChI is InChI=1S/C19H14ClF5N4O2S/c1-9-5-11(19(23,24)25)10(6-26)17(27-9)29-8-32(31)7-14(29)18(30)28(2)13-4-3-12(21)15(20)16(13)22/h3-5,14H,7-8H2,1-2H3/t14-,32?/m1/s1. The molecule has 13 heteroatoms. The number of hydrogen-bond acceptors (Lipinski definition) is 5. The van der Waals surface area contributed by atoms with E-state index in [1.54, 1.807) is 0 Å². The predicted molar refractivity (Wildman–Crippen MR) is 108 cm³/mol. The van der Waals surface area contributed by atoms with Crippen LogP contribution in [0.25, 0.3) is 0 Å². The molecule has 0 bridgehead atoms. The number of nitriles is 1. The van der Waals surface area contributed by atoms with Gasteiger partial charge in [0.1, 0.15) is 34.3 Å². The molecule has 1 aliphatic heterocycles. The van der Waals surface area contributed by atoms with E-state index in [2.05, 4.69) is 4.98 Å². The molecule has 6 nitrogen and oxygen atoms in total. The predicted octanol–water partition coefficient (Wildman–Crippen LogP) is 3.77. The molecule has 2 atom stereocenters. The highest BCUT2D eigenvalue weighted by Crippen LogP contribution is 2.37. The van der Waals surface area contributed by atoms with Crippen molar-refractivity contribution in [3.63, 3.8) is 0 Å². The first-order valence-electron chi connectivity index (χ1n) is 8.88. The maximum Gasteiger partial charge on any atom is 0.417 e. The Morgan fingerprint density at radius 1 is 1.38 bits per heavy atom. The Hall–Kier alpha value is -2.78. The number of amides is 1. The fraction of sp³-hybridized carbons (Fsp3) is 0.316. The van der Waals surface area contributed by atoms with E-state index in [0.29, 0.717) is 6.07 Å². The molecule has 0 saturated carbocycles. The molecule has 0 radical (unpaired) electrons. The monoisotopic (exact) mass is 492 g/mol. The van der Waals surface area contributed by atoms with Crippen molar-refractivity contribution in [2.45, 2.75) is 19.1 Å². The number of aryl methyl sites for hydroxylation is 1. The van der Waals surface area contributed by atoms with E-state index in [-0.39, 0.29) is 23.0 Å². The molecule has 1 aromatic carbocycles. The second-order valence-corrected chi connectivity index (χ2v) is 8.78. The van der Waals surface area contributed by atoms with Gasteiger partial charge in [-0.2, -0.15) is 18.4 Å². The molecule has 2 aromatic rings. The van der Waals surface area contributed by atoms with Crippen LogP contribution < -0.4 is 9.80 Å². The summed E-state index contributed by atoms with van der Waals surface area (Å²) in [4.78, 5) is 18.9. The van der Waals surface area contributed by atoms with E-state index in [1.165, 1.54) is 13.0 Å². The number of likely N-dealkylation sites (N-methyl/N-ethyl adjacent to an activating group) is 1. The summed E-state index contributed by atoms with van der Waals surface area (Å²) in [6.07, 6.45) is -4.86. The Morgan fingerprint density at radius 2 is 2.03 bits per heavy atom. The van der Waals surface area contributed by atoms with E-state index in [0.717, 1.165) is 29.0 Å². The zero-order valence-electron chi connectivity index (χ0n) is 16.5. The Bertz CT molecular complexity index is 1170. The van der Waals surface area contributed by atoms with Gasteiger partial charge in [-0.15, -0.1) is 0 Å². The molecule has 1 saturated heterocycles. The van der Waals surface area contributed by atoms with Crippen LogP contribution in [0.5, 0.6) is 0 Å². The Morgan fingerprint density at radius 3 is 2.62 bits per heavy atom. The first kappa shape index (κ1) is 23.9. The van der Waals surface area contributed by atoms with Gasteiger partial charge in [-0.1, -0.05) is 11.6 Å². The van der Waals surface area contributed by atoms with Crippen LogP contribution in [0.2, 0.25) is 5.02 Å². The average molecular weight is 493 g/mol. The van der Waals surface area contributed by atoms with Crippen LogP contribution in [0.3, 0.4) is 0 Å². The molecule has 1 aromatic heterocycles. The highest BCUT2D eigenvalue weighted by Gasteiger charge is 2.42. The van der Waals surface area contributed by atoms with Gasteiger partial charge in [-0.25, -0.2) is 13.8 Å². The number of carbonyl (C=O) groups excluding carboxylic acids is 1. The molecule has 1 unspecified atom stereocenters. The number of carbonyl (C=O) groups is 1. The van der Waals surface area contributed by atoms with E-state index >= 15 is 0 Å². The molecule has 3 rings (SSSR count). The maximum absolute atomic E-state index is 14.4. The highest BCUT2D eigenvalue weighted by molar-refractivity contribution is 7.85. The molecule has 0 spiro atoms.